The van der Waals surface area contributed by atoms with Crippen LogP contribution in [0, 0.1) is 0 Å². The van der Waals surface area contributed by atoms with Crippen LogP contribution in [0.4, 0.5) is 0 Å². The van der Waals surface area contributed by atoms with Gasteiger partial charge < -0.3 is 10.2 Å². The summed E-state index contributed by atoms with van der Waals surface area (Å²) in [6.45, 7) is 0.543. The molecular weight excluding hydrogens is 260 g/mol. The summed E-state index contributed by atoms with van der Waals surface area (Å²) in [6.07, 6.45) is 1.38. The number of phenolic OH excluding ortho intramolecular Hbond substituents is 1. The summed E-state index contributed by atoms with van der Waals surface area (Å²) in [4.78, 5) is 0. The Hall–Kier alpha value is -1.49. The zero-order valence-electron chi connectivity index (χ0n) is 7.76. The molecule has 0 unspecified atom stereocenters. The lowest BCUT2D eigenvalue weighted by Gasteiger charge is -2.03. The first-order valence-corrected chi connectivity index (χ1v) is 5.14. The summed E-state index contributed by atoms with van der Waals surface area (Å²) in [6, 6.07) is 6.85. The Kier molecular flexibility index (Phi) is 2.64. The fourth-order valence-corrected chi connectivity index (χ4v) is 1.56. The number of nitrogens with zero attached hydrogens (tertiary/aromatic N) is 2. The zero-order chi connectivity index (χ0) is 10.8. The van der Waals surface area contributed by atoms with E-state index >= 15 is 0 Å². The monoisotopic (exact) mass is 268 g/mol. The van der Waals surface area contributed by atoms with Crippen LogP contribution >= 0.6 is 15.9 Å². The molecule has 0 radical (unpaired) electrons. The predicted octanol–water partition coefficient (Wildman–Crippen LogP) is 2.11. The molecule has 0 atom stereocenters. The number of phenols is 1. The first-order chi connectivity index (χ1) is 7.16. The van der Waals surface area contributed by atoms with Gasteiger partial charge in [0.05, 0.1) is 12.7 Å². The molecule has 5 heteroatoms. The molecule has 0 aliphatic heterocycles. The molecule has 0 aliphatic carbocycles. The van der Waals surface area contributed by atoms with Gasteiger partial charge in [0.15, 0.2) is 5.75 Å². The van der Waals surface area contributed by atoms with Crippen molar-refractivity contribution in [3.05, 3.63) is 40.6 Å². The van der Waals surface area contributed by atoms with E-state index in [1.54, 1.807) is 28.9 Å². The second-order valence-corrected chi connectivity index (χ2v) is 3.90. The van der Waals surface area contributed by atoms with Gasteiger partial charge in [0.1, 0.15) is 10.4 Å². The molecule has 1 aromatic heterocycles. The maximum Gasteiger partial charge on any atom is 0.168 e. The second-order valence-electron chi connectivity index (χ2n) is 3.14. The first kappa shape index (κ1) is 10.0. The lowest BCUT2D eigenvalue weighted by atomic mass is 10.2. The van der Waals surface area contributed by atoms with Crippen LogP contribution in [0.3, 0.4) is 0 Å². The summed E-state index contributed by atoms with van der Waals surface area (Å²) in [7, 11) is 0. The van der Waals surface area contributed by atoms with Crippen molar-refractivity contribution in [2.45, 2.75) is 6.54 Å². The number of benzene rings is 1. The van der Waals surface area contributed by atoms with Crippen LogP contribution in [0.15, 0.2) is 35.1 Å². The normalized spacial score (nSPS) is 10.5. The highest BCUT2D eigenvalue weighted by Gasteiger charge is 2.06. The van der Waals surface area contributed by atoms with Gasteiger partial charge in [-0.3, -0.25) is 4.68 Å². The minimum absolute atomic E-state index is 0.119. The maximum absolute atomic E-state index is 9.29. The van der Waals surface area contributed by atoms with Gasteiger partial charge in [0.2, 0.25) is 0 Å². The van der Waals surface area contributed by atoms with Gasteiger partial charge in [-0.15, -0.1) is 0 Å². The van der Waals surface area contributed by atoms with E-state index in [1.807, 2.05) is 0 Å². The molecule has 1 aromatic carbocycles. The molecule has 0 amide bonds. The van der Waals surface area contributed by atoms with Crippen LogP contribution in [-0.2, 0) is 6.54 Å². The number of halogens is 1. The van der Waals surface area contributed by atoms with E-state index in [-0.39, 0.29) is 11.5 Å². The molecule has 0 saturated carbocycles. The van der Waals surface area contributed by atoms with E-state index in [2.05, 4.69) is 21.0 Å². The molecule has 0 aliphatic rings. The highest BCUT2D eigenvalue weighted by molar-refractivity contribution is 9.10. The smallest absolute Gasteiger partial charge is 0.168 e. The summed E-state index contributed by atoms with van der Waals surface area (Å²) in [5, 5.41) is 22.4. The van der Waals surface area contributed by atoms with Gasteiger partial charge >= 0.3 is 0 Å². The van der Waals surface area contributed by atoms with Gasteiger partial charge in [-0.1, -0.05) is 12.1 Å². The van der Waals surface area contributed by atoms with E-state index in [9.17, 15) is 5.11 Å². The Morgan fingerprint density at radius 1 is 1.20 bits per heavy atom. The molecule has 0 spiro atoms. The number of aromatic hydroxyl groups is 2. The summed E-state index contributed by atoms with van der Waals surface area (Å²) < 4.78 is 2.18. The van der Waals surface area contributed by atoms with Crippen LogP contribution in [-0.4, -0.2) is 20.0 Å². The highest BCUT2D eigenvalue weighted by atomic mass is 79.9. The third-order valence-electron chi connectivity index (χ3n) is 2.03. The average Bonchev–Trinajstić information content (AvgIpc) is 2.53. The zero-order valence-corrected chi connectivity index (χ0v) is 9.35. The Labute approximate surface area is 94.9 Å². The topological polar surface area (TPSA) is 58.3 Å². The minimum Gasteiger partial charge on any atom is -0.508 e. The number of hydrogen-bond acceptors (Lipinski definition) is 3. The summed E-state index contributed by atoms with van der Waals surface area (Å²) in [5.74, 6) is 0.356. The third-order valence-corrected chi connectivity index (χ3v) is 2.84. The van der Waals surface area contributed by atoms with E-state index in [0.29, 0.717) is 11.1 Å². The standard InChI is InChI=1S/C10H9BrN2O2/c11-10-9(15)5-12-13(10)6-7-1-3-8(14)4-2-7/h1-5,14-15H,6H2. The van der Waals surface area contributed by atoms with Crippen molar-refractivity contribution in [3.8, 4) is 11.5 Å². The number of rotatable bonds is 2. The van der Waals surface area contributed by atoms with Crippen LogP contribution in [0.1, 0.15) is 5.56 Å². The summed E-state index contributed by atoms with van der Waals surface area (Å²) in [5.41, 5.74) is 0.997. The van der Waals surface area contributed by atoms with Crippen molar-refractivity contribution in [3.63, 3.8) is 0 Å². The molecular formula is C10H9BrN2O2. The molecule has 0 bridgehead atoms. The molecule has 1 heterocycles. The van der Waals surface area contributed by atoms with Crippen molar-refractivity contribution in [2.75, 3.05) is 0 Å². The molecule has 0 saturated heterocycles. The Balaban J connectivity index is 2.22. The highest BCUT2D eigenvalue weighted by Crippen LogP contribution is 2.23. The van der Waals surface area contributed by atoms with E-state index in [4.69, 9.17) is 5.11 Å². The van der Waals surface area contributed by atoms with Crippen molar-refractivity contribution in [2.24, 2.45) is 0 Å². The van der Waals surface area contributed by atoms with Crippen molar-refractivity contribution in [1.29, 1.82) is 0 Å². The van der Waals surface area contributed by atoms with E-state index in [1.165, 1.54) is 6.20 Å². The van der Waals surface area contributed by atoms with Gasteiger partial charge in [-0.05, 0) is 33.6 Å². The quantitative estimate of drug-likeness (QED) is 0.877. The molecule has 2 rings (SSSR count). The molecule has 78 valence electrons. The van der Waals surface area contributed by atoms with Gasteiger partial charge in [-0.25, -0.2) is 0 Å². The van der Waals surface area contributed by atoms with Crippen molar-refractivity contribution in [1.82, 2.24) is 9.78 Å². The van der Waals surface area contributed by atoms with Crippen LogP contribution in [0.25, 0.3) is 0 Å². The largest absolute Gasteiger partial charge is 0.508 e. The number of aromatic nitrogens is 2. The maximum atomic E-state index is 9.29. The Morgan fingerprint density at radius 2 is 1.87 bits per heavy atom. The van der Waals surface area contributed by atoms with E-state index < -0.39 is 0 Å². The van der Waals surface area contributed by atoms with Gasteiger partial charge in [0.25, 0.3) is 0 Å². The van der Waals surface area contributed by atoms with Crippen LogP contribution in [0.2, 0.25) is 0 Å². The van der Waals surface area contributed by atoms with Crippen molar-refractivity contribution < 1.29 is 10.2 Å². The van der Waals surface area contributed by atoms with E-state index in [0.717, 1.165) is 5.56 Å². The fourth-order valence-electron chi connectivity index (χ4n) is 1.25. The summed E-state index contributed by atoms with van der Waals surface area (Å²) >= 11 is 3.22. The SMILES string of the molecule is Oc1ccc(Cn2ncc(O)c2Br)cc1. The second kappa shape index (κ2) is 3.94. The minimum atomic E-state index is 0.119. The lowest BCUT2D eigenvalue weighted by molar-refractivity contribution is 0.469. The molecule has 0 fully saturated rings. The Morgan fingerprint density at radius 3 is 2.40 bits per heavy atom. The fraction of sp³-hybridized carbons (Fsp3) is 0.100. The van der Waals surface area contributed by atoms with Crippen molar-refractivity contribution >= 4 is 15.9 Å². The molecule has 2 aromatic rings. The average molecular weight is 269 g/mol. The predicted molar refractivity (Wildman–Crippen MR) is 58.8 cm³/mol. The molecule has 15 heavy (non-hydrogen) atoms. The molecule has 2 N–H and O–H groups in total. The van der Waals surface area contributed by atoms with Gasteiger partial charge in [-0.2, -0.15) is 5.10 Å². The first-order valence-electron chi connectivity index (χ1n) is 4.35. The van der Waals surface area contributed by atoms with Crippen LogP contribution < -0.4 is 0 Å². The third kappa shape index (κ3) is 2.12. The Bertz CT molecular complexity index is 465. The molecule has 4 nitrogen and oxygen atoms in total. The van der Waals surface area contributed by atoms with Gasteiger partial charge in [0, 0.05) is 0 Å². The van der Waals surface area contributed by atoms with Crippen LogP contribution in [0.5, 0.6) is 11.5 Å². The number of hydrogen-bond donors (Lipinski definition) is 2. The lowest BCUT2D eigenvalue weighted by Crippen LogP contribution is -2.01.